The van der Waals surface area contributed by atoms with Crippen LogP contribution in [0.25, 0.3) is 0 Å². The molecule has 24 heavy (non-hydrogen) atoms. The molecule has 0 saturated heterocycles. The minimum atomic E-state index is -0.537. The molecule has 0 atom stereocenters. The Balaban J connectivity index is 2.07. The lowest BCUT2D eigenvalue weighted by Crippen LogP contribution is -2.20. The highest BCUT2D eigenvalue weighted by Gasteiger charge is 2.21. The van der Waals surface area contributed by atoms with Crippen LogP contribution in [0.1, 0.15) is 26.4 Å². The largest absolute Gasteiger partial charge is 0.484 e. The molecular weight excluding hydrogens is 328 g/mol. The van der Waals surface area contributed by atoms with E-state index in [9.17, 15) is 14.9 Å². The number of nitriles is 1. The minimum absolute atomic E-state index is 0.196. The molecule has 0 fully saturated rings. The smallest absolute Gasteiger partial charge is 0.348 e. The second-order valence-corrected chi connectivity index (χ2v) is 6.03. The summed E-state index contributed by atoms with van der Waals surface area (Å²) in [7, 11) is 1.27. The summed E-state index contributed by atoms with van der Waals surface area (Å²) in [4.78, 5) is 24.0. The van der Waals surface area contributed by atoms with Crippen molar-refractivity contribution in [3.05, 3.63) is 45.8 Å². The molecule has 1 heterocycles. The van der Waals surface area contributed by atoms with Crippen LogP contribution in [0.15, 0.2) is 24.3 Å². The molecule has 6 nitrogen and oxygen atoms in total. The maximum Gasteiger partial charge on any atom is 0.348 e. The van der Waals surface area contributed by atoms with Gasteiger partial charge in [-0.3, -0.25) is 4.79 Å². The average Bonchev–Trinajstić information content (AvgIpc) is 2.89. The van der Waals surface area contributed by atoms with Gasteiger partial charge in [0.1, 0.15) is 21.7 Å². The van der Waals surface area contributed by atoms with Gasteiger partial charge in [-0.25, -0.2) is 4.79 Å². The minimum Gasteiger partial charge on any atom is -0.484 e. The van der Waals surface area contributed by atoms with Crippen molar-refractivity contribution in [2.75, 3.05) is 19.0 Å². The Bertz CT molecular complexity index is 803. The number of nitrogens with one attached hydrogen (secondary N) is 1. The van der Waals surface area contributed by atoms with E-state index in [-0.39, 0.29) is 12.2 Å². The van der Waals surface area contributed by atoms with Gasteiger partial charge in [-0.05, 0) is 31.5 Å². The van der Waals surface area contributed by atoms with Crippen molar-refractivity contribution < 1.29 is 19.1 Å². The van der Waals surface area contributed by atoms with E-state index < -0.39 is 11.9 Å². The van der Waals surface area contributed by atoms with Gasteiger partial charge in [0, 0.05) is 0 Å². The first kappa shape index (κ1) is 17.5. The van der Waals surface area contributed by atoms with Crippen LogP contribution in [-0.2, 0) is 9.53 Å². The van der Waals surface area contributed by atoms with Crippen LogP contribution >= 0.6 is 11.3 Å². The van der Waals surface area contributed by atoms with Crippen molar-refractivity contribution in [3.8, 4) is 11.8 Å². The highest BCUT2D eigenvalue weighted by Crippen LogP contribution is 2.32. The van der Waals surface area contributed by atoms with Gasteiger partial charge in [-0.1, -0.05) is 17.7 Å². The summed E-state index contributed by atoms with van der Waals surface area (Å²) in [6, 6.07) is 9.30. The van der Waals surface area contributed by atoms with Crippen molar-refractivity contribution >= 4 is 28.2 Å². The summed E-state index contributed by atoms with van der Waals surface area (Å²) in [6.07, 6.45) is 0. The van der Waals surface area contributed by atoms with E-state index in [0.29, 0.717) is 21.2 Å². The number of carbonyl (C=O) groups is 2. The number of carbonyl (C=O) groups excluding carboxylic acids is 2. The summed E-state index contributed by atoms with van der Waals surface area (Å²) in [6.45, 7) is 3.40. The van der Waals surface area contributed by atoms with E-state index >= 15 is 0 Å². The van der Waals surface area contributed by atoms with Gasteiger partial charge in [-0.2, -0.15) is 5.26 Å². The quantitative estimate of drug-likeness (QED) is 0.842. The average molecular weight is 344 g/mol. The first-order valence-electron chi connectivity index (χ1n) is 7.07. The van der Waals surface area contributed by atoms with Gasteiger partial charge in [-0.15, -0.1) is 11.3 Å². The Kier molecular flexibility index (Phi) is 5.55. The van der Waals surface area contributed by atoms with Gasteiger partial charge in [0.2, 0.25) is 0 Å². The molecule has 0 aliphatic rings. The summed E-state index contributed by atoms with van der Waals surface area (Å²) in [5.74, 6) is -0.371. The number of nitrogens with zero attached hydrogens (tertiary/aromatic N) is 1. The van der Waals surface area contributed by atoms with E-state index in [1.807, 2.05) is 25.1 Å². The van der Waals surface area contributed by atoms with Crippen LogP contribution in [0.2, 0.25) is 0 Å². The number of amides is 1. The Labute approximate surface area is 143 Å². The number of anilines is 1. The van der Waals surface area contributed by atoms with Crippen LogP contribution in [0, 0.1) is 25.2 Å². The van der Waals surface area contributed by atoms with Crippen LogP contribution in [0.5, 0.6) is 5.75 Å². The SMILES string of the molecule is COC(=O)c1sc(NC(=O)COc2ccc(C)cc2)c(C#N)c1C. The molecule has 0 spiro atoms. The van der Waals surface area contributed by atoms with Gasteiger partial charge in [0.15, 0.2) is 6.61 Å². The maximum atomic E-state index is 12.0. The molecule has 1 N–H and O–H groups in total. The van der Waals surface area contributed by atoms with Gasteiger partial charge in [0.05, 0.1) is 12.7 Å². The number of rotatable bonds is 5. The summed E-state index contributed by atoms with van der Waals surface area (Å²) in [5, 5.41) is 12.2. The molecule has 0 aliphatic heterocycles. The molecule has 2 rings (SSSR count). The summed E-state index contributed by atoms with van der Waals surface area (Å²) >= 11 is 1.01. The second-order valence-electron chi connectivity index (χ2n) is 5.01. The molecule has 0 aliphatic carbocycles. The molecular formula is C17H16N2O4S. The van der Waals surface area contributed by atoms with E-state index in [0.717, 1.165) is 16.9 Å². The number of benzene rings is 1. The number of ether oxygens (including phenoxy) is 2. The fourth-order valence-corrected chi connectivity index (χ4v) is 3.06. The van der Waals surface area contributed by atoms with E-state index in [4.69, 9.17) is 4.74 Å². The van der Waals surface area contributed by atoms with Gasteiger partial charge < -0.3 is 14.8 Å². The molecule has 1 amide bonds. The monoisotopic (exact) mass is 344 g/mol. The number of hydrogen-bond donors (Lipinski definition) is 1. The third-order valence-electron chi connectivity index (χ3n) is 3.27. The zero-order valence-electron chi connectivity index (χ0n) is 13.5. The number of methoxy groups -OCH3 is 1. The summed E-state index contributed by atoms with van der Waals surface area (Å²) in [5.41, 5.74) is 1.84. The molecule has 0 saturated carbocycles. The second kappa shape index (κ2) is 7.62. The molecule has 2 aromatic rings. The van der Waals surface area contributed by atoms with Crippen molar-refractivity contribution in [3.63, 3.8) is 0 Å². The molecule has 124 valence electrons. The van der Waals surface area contributed by atoms with E-state index in [1.165, 1.54) is 7.11 Å². The fraction of sp³-hybridized carbons (Fsp3) is 0.235. The number of aryl methyl sites for hydroxylation is 1. The number of esters is 1. The molecule has 1 aromatic heterocycles. The van der Waals surface area contributed by atoms with Crippen LogP contribution < -0.4 is 10.1 Å². The number of thiophene rings is 1. The van der Waals surface area contributed by atoms with E-state index in [1.54, 1.807) is 19.1 Å². The topological polar surface area (TPSA) is 88.4 Å². The molecule has 1 aromatic carbocycles. The van der Waals surface area contributed by atoms with Crippen LogP contribution in [-0.4, -0.2) is 25.6 Å². The molecule has 0 radical (unpaired) electrons. The Morgan fingerprint density at radius 2 is 1.92 bits per heavy atom. The first-order chi connectivity index (χ1) is 11.5. The zero-order valence-corrected chi connectivity index (χ0v) is 14.3. The van der Waals surface area contributed by atoms with Crippen LogP contribution in [0.3, 0.4) is 0 Å². The lowest BCUT2D eigenvalue weighted by atomic mass is 10.2. The molecule has 0 unspecified atom stereocenters. The fourth-order valence-electron chi connectivity index (χ4n) is 1.97. The lowest BCUT2D eigenvalue weighted by molar-refractivity contribution is -0.118. The van der Waals surface area contributed by atoms with E-state index in [2.05, 4.69) is 10.1 Å². The predicted octanol–water partition coefficient (Wildman–Crippen LogP) is 3.04. The van der Waals surface area contributed by atoms with Crippen molar-refractivity contribution in [2.45, 2.75) is 13.8 Å². The summed E-state index contributed by atoms with van der Waals surface area (Å²) < 4.78 is 10.1. The Morgan fingerprint density at radius 3 is 2.50 bits per heavy atom. The standard InChI is InChI=1S/C17H16N2O4S/c1-10-4-6-12(7-5-10)23-9-14(20)19-16-13(8-18)11(2)15(24-16)17(21)22-3/h4-7H,9H2,1-3H3,(H,19,20). The number of hydrogen-bond acceptors (Lipinski definition) is 6. The Hall–Kier alpha value is -2.85. The first-order valence-corrected chi connectivity index (χ1v) is 7.89. The van der Waals surface area contributed by atoms with Crippen molar-refractivity contribution in [1.29, 1.82) is 5.26 Å². The lowest BCUT2D eigenvalue weighted by Gasteiger charge is -2.06. The third kappa shape index (κ3) is 3.91. The van der Waals surface area contributed by atoms with Gasteiger partial charge >= 0.3 is 5.97 Å². The Morgan fingerprint density at radius 1 is 1.25 bits per heavy atom. The normalized spacial score (nSPS) is 9.92. The molecule has 7 heteroatoms. The van der Waals surface area contributed by atoms with Crippen molar-refractivity contribution in [1.82, 2.24) is 0 Å². The van der Waals surface area contributed by atoms with Gasteiger partial charge in [0.25, 0.3) is 5.91 Å². The zero-order chi connectivity index (χ0) is 17.7. The highest BCUT2D eigenvalue weighted by molar-refractivity contribution is 7.18. The van der Waals surface area contributed by atoms with Crippen molar-refractivity contribution in [2.24, 2.45) is 0 Å². The maximum absolute atomic E-state index is 12.0. The highest BCUT2D eigenvalue weighted by atomic mass is 32.1. The predicted molar refractivity (Wildman–Crippen MR) is 90.4 cm³/mol. The molecule has 0 bridgehead atoms. The van der Waals surface area contributed by atoms with Crippen LogP contribution in [0.4, 0.5) is 5.00 Å². The third-order valence-corrected chi connectivity index (χ3v) is 4.46.